The molecule has 0 saturated heterocycles. The van der Waals surface area contributed by atoms with Crippen molar-refractivity contribution in [3.8, 4) is 0 Å². The van der Waals surface area contributed by atoms with Gasteiger partial charge in [-0.1, -0.05) is 13.0 Å². The SMILES string of the molecule is CCN(CC(=O)Nc1ccc(C)c(F)c1)C(C)CC(=O)O. The number of amides is 1. The van der Waals surface area contributed by atoms with Gasteiger partial charge in [0.1, 0.15) is 5.82 Å². The predicted octanol–water partition coefficient (Wildman–Crippen LogP) is 2.26. The maximum Gasteiger partial charge on any atom is 0.304 e. The summed E-state index contributed by atoms with van der Waals surface area (Å²) in [6.07, 6.45) is -0.0275. The summed E-state index contributed by atoms with van der Waals surface area (Å²) < 4.78 is 13.4. The van der Waals surface area contributed by atoms with Crippen LogP contribution in [0.1, 0.15) is 25.8 Å². The van der Waals surface area contributed by atoms with Gasteiger partial charge in [0.2, 0.25) is 5.91 Å². The van der Waals surface area contributed by atoms with E-state index in [-0.39, 0.29) is 30.7 Å². The van der Waals surface area contributed by atoms with E-state index in [4.69, 9.17) is 5.11 Å². The van der Waals surface area contributed by atoms with Crippen LogP contribution in [0.3, 0.4) is 0 Å². The van der Waals surface area contributed by atoms with E-state index in [0.717, 1.165) is 0 Å². The maximum atomic E-state index is 13.4. The van der Waals surface area contributed by atoms with E-state index >= 15 is 0 Å². The third-order valence-corrected chi connectivity index (χ3v) is 3.30. The van der Waals surface area contributed by atoms with Crippen molar-refractivity contribution in [2.24, 2.45) is 0 Å². The second kappa shape index (κ2) is 7.73. The van der Waals surface area contributed by atoms with Crippen LogP contribution in [0.15, 0.2) is 18.2 Å². The Kier molecular flexibility index (Phi) is 6.30. The van der Waals surface area contributed by atoms with Crippen LogP contribution in [0.25, 0.3) is 0 Å². The monoisotopic (exact) mass is 296 g/mol. The molecule has 0 heterocycles. The number of anilines is 1. The lowest BCUT2D eigenvalue weighted by molar-refractivity contribution is -0.138. The van der Waals surface area contributed by atoms with Crippen LogP contribution in [-0.4, -0.2) is 41.0 Å². The van der Waals surface area contributed by atoms with Gasteiger partial charge in [0, 0.05) is 11.7 Å². The number of carbonyl (C=O) groups excluding carboxylic acids is 1. The number of rotatable bonds is 7. The summed E-state index contributed by atoms with van der Waals surface area (Å²) in [6, 6.07) is 4.25. The molecule has 0 saturated carbocycles. The van der Waals surface area contributed by atoms with E-state index in [1.165, 1.54) is 6.07 Å². The molecular formula is C15H21FN2O3. The second-order valence-electron chi connectivity index (χ2n) is 5.02. The quantitative estimate of drug-likeness (QED) is 0.809. The van der Waals surface area contributed by atoms with Gasteiger partial charge in [0.15, 0.2) is 0 Å². The van der Waals surface area contributed by atoms with Crippen LogP contribution in [0.2, 0.25) is 0 Å². The smallest absolute Gasteiger partial charge is 0.304 e. The molecule has 0 fully saturated rings. The van der Waals surface area contributed by atoms with Crippen LogP contribution >= 0.6 is 0 Å². The van der Waals surface area contributed by atoms with E-state index < -0.39 is 5.97 Å². The number of aryl methyl sites for hydroxylation is 1. The fourth-order valence-corrected chi connectivity index (χ4v) is 2.02. The van der Waals surface area contributed by atoms with Crippen LogP contribution in [0.4, 0.5) is 10.1 Å². The van der Waals surface area contributed by atoms with E-state index in [2.05, 4.69) is 5.32 Å². The minimum absolute atomic E-state index is 0.0275. The molecule has 0 aliphatic carbocycles. The molecule has 116 valence electrons. The van der Waals surface area contributed by atoms with Crippen molar-refractivity contribution in [3.63, 3.8) is 0 Å². The van der Waals surface area contributed by atoms with Gasteiger partial charge in [-0.15, -0.1) is 0 Å². The first kappa shape index (κ1) is 17.1. The molecule has 5 nitrogen and oxygen atoms in total. The van der Waals surface area contributed by atoms with Gasteiger partial charge >= 0.3 is 5.97 Å². The molecular weight excluding hydrogens is 275 g/mol. The molecule has 0 aliphatic rings. The normalized spacial score (nSPS) is 12.2. The number of carboxylic acids is 1. The third kappa shape index (κ3) is 5.51. The molecule has 2 N–H and O–H groups in total. The van der Waals surface area contributed by atoms with Gasteiger partial charge in [-0.3, -0.25) is 14.5 Å². The van der Waals surface area contributed by atoms with E-state index in [0.29, 0.717) is 17.8 Å². The first-order chi connectivity index (χ1) is 9.83. The first-order valence-electron chi connectivity index (χ1n) is 6.85. The third-order valence-electron chi connectivity index (χ3n) is 3.30. The number of carbonyl (C=O) groups is 2. The van der Waals surface area contributed by atoms with Gasteiger partial charge in [0.05, 0.1) is 13.0 Å². The summed E-state index contributed by atoms with van der Waals surface area (Å²) in [5.74, 6) is -1.57. The van der Waals surface area contributed by atoms with E-state index in [9.17, 15) is 14.0 Å². The molecule has 0 aliphatic heterocycles. The summed E-state index contributed by atoms with van der Waals surface area (Å²) >= 11 is 0. The van der Waals surface area contributed by atoms with Crippen molar-refractivity contribution in [2.75, 3.05) is 18.4 Å². The summed E-state index contributed by atoms with van der Waals surface area (Å²) in [4.78, 5) is 24.4. The Morgan fingerprint density at radius 3 is 2.62 bits per heavy atom. The fourth-order valence-electron chi connectivity index (χ4n) is 2.02. The molecule has 1 rings (SSSR count). The van der Waals surface area contributed by atoms with Crippen molar-refractivity contribution >= 4 is 17.6 Å². The zero-order valence-corrected chi connectivity index (χ0v) is 12.5. The summed E-state index contributed by atoms with van der Waals surface area (Å²) in [5.41, 5.74) is 0.906. The number of benzene rings is 1. The molecule has 1 aromatic carbocycles. The van der Waals surface area contributed by atoms with Gasteiger partial charge < -0.3 is 10.4 Å². The van der Waals surface area contributed by atoms with Crippen molar-refractivity contribution in [3.05, 3.63) is 29.6 Å². The molecule has 1 aromatic rings. The van der Waals surface area contributed by atoms with Gasteiger partial charge in [0.25, 0.3) is 0 Å². The zero-order valence-electron chi connectivity index (χ0n) is 12.5. The number of halogens is 1. The Morgan fingerprint density at radius 2 is 2.10 bits per heavy atom. The van der Waals surface area contributed by atoms with Gasteiger partial charge in [-0.2, -0.15) is 0 Å². The Bertz CT molecular complexity index is 520. The number of nitrogens with zero attached hydrogens (tertiary/aromatic N) is 1. The van der Waals surface area contributed by atoms with Crippen LogP contribution < -0.4 is 5.32 Å². The molecule has 21 heavy (non-hydrogen) atoms. The molecule has 1 amide bonds. The zero-order chi connectivity index (χ0) is 16.0. The highest BCUT2D eigenvalue weighted by Crippen LogP contribution is 2.13. The minimum Gasteiger partial charge on any atom is -0.481 e. The number of likely N-dealkylation sites (N-methyl/N-ethyl adjacent to an activating group) is 1. The largest absolute Gasteiger partial charge is 0.481 e. The number of nitrogens with one attached hydrogen (secondary N) is 1. The molecule has 0 radical (unpaired) electrons. The summed E-state index contributed by atoms with van der Waals surface area (Å²) in [6.45, 7) is 5.89. The Hall–Kier alpha value is -1.95. The molecule has 6 heteroatoms. The lowest BCUT2D eigenvalue weighted by Gasteiger charge is -2.25. The summed E-state index contributed by atoms with van der Waals surface area (Å²) in [5, 5.41) is 11.4. The highest BCUT2D eigenvalue weighted by atomic mass is 19.1. The van der Waals surface area contributed by atoms with Crippen LogP contribution in [0, 0.1) is 12.7 Å². The van der Waals surface area contributed by atoms with E-state index in [1.807, 2.05) is 6.92 Å². The van der Waals surface area contributed by atoms with Crippen molar-refractivity contribution in [1.82, 2.24) is 4.90 Å². The van der Waals surface area contributed by atoms with Gasteiger partial charge in [-0.05, 0) is 38.1 Å². The fraction of sp³-hybridized carbons (Fsp3) is 0.467. The Balaban J connectivity index is 2.62. The lowest BCUT2D eigenvalue weighted by atomic mass is 10.2. The van der Waals surface area contributed by atoms with Crippen molar-refractivity contribution in [2.45, 2.75) is 33.2 Å². The highest BCUT2D eigenvalue weighted by Gasteiger charge is 2.18. The number of hydrogen-bond donors (Lipinski definition) is 2. The number of aliphatic carboxylic acids is 1. The average Bonchev–Trinajstić information content (AvgIpc) is 2.39. The highest BCUT2D eigenvalue weighted by molar-refractivity contribution is 5.92. The molecule has 1 unspecified atom stereocenters. The van der Waals surface area contributed by atoms with Crippen LogP contribution in [0.5, 0.6) is 0 Å². The Labute approximate surface area is 123 Å². The average molecular weight is 296 g/mol. The maximum absolute atomic E-state index is 13.4. The molecule has 1 atom stereocenters. The standard InChI is InChI=1S/C15H21FN2O3/c1-4-18(11(3)7-15(20)21)9-14(19)17-12-6-5-10(2)13(16)8-12/h5-6,8,11H,4,7,9H2,1-3H3,(H,17,19)(H,20,21). The number of carboxylic acid groups (broad SMARTS) is 1. The second-order valence-corrected chi connectivity index (χ2v) is 5.02. The van der Waals surface area contributed by atoms with Crippen molar-refractivity contribution < 1.29 is 19.1 Å². The first-order valence-corrected chi connectivity index (χ1v) is 6.85. The topological polar surface area (TPSA) is 69.6 Å². The molecule has 0 aromatic heterocycles. The summed E-state index contributed by atoms with van der Waals surface area (Å²) in [7, 11) is 0. The van der Waals surface area contributed by atoms with E-state index in [1.54, 1.807) is 30.9 Å². The van der Waals surface area contributed by atoms with Gasteiger partial charge in [-0.25, -0.2) is 4.39 Å². The van der Waals surface area contributed by atoms with Crippen LogP contribution in [-0.2, 0) is 9.59 Å². The van der Waals surface area contributed by atoms with Crippen molar-refractivity contribution in [1.29, 1.82) is 0 Å². The lowest BCUT2D eigenvalue weighted by Crippen LogP contribution is -2.40. The Morgan fingerprint density at radius 1 is 1.43 bits per heavy atom. The predicted molar refractivity (Wildman–Crippen MR) is 78.7 cm³/mol. The molecule has 0 bridgehead atoms. The minimum atomic E-state index is -0.901. The molecule has 0 spiro atoms. The number of hydrogen-bond acceptors (Lipinski definition) is 3.